The largest absolute Gasteiger partial charge is 0.309 e. The number of hydrogen-bond acceptors (Lipinski definition) is 2. The van der Waals surface area contributed by atoms with Crippen LogP contribution in [0.5, 0.6) is 0 Å². The zero-order valence-corrected chi connectivity index (χ0v) is 39.3. The van der Waals surface area contributed by atoms with Crippen molar-refractivity contribution in [3.05, 3.63) is 292 Å². The molecule has 0 fully saturated rings. The number of para-hydroxylation sites is 1. The average molecular weight is 888 g/mol. The monoisotopic (exact) mass is 887 g/mol. The fourth-order valence-electron chi connectivity index (χ4n) is 13.9. The van der Waals surface area contributed by atoms with E-state index in [4.69, 9.17) is 0 Å². The molecule has 4 aliphatic carbocycles. The summed E-state index contributed by atoms with van der Waals surface area (Å²) in [6.07, 6.45) is 9.38. The van der Waals surface area contributed by atoms with Crippen LogP contribution in [0.4, 0.5) is 17.1 Å². The number of benzene rings is 9. The Morgan fingerprint density at radius 3 is 1.81 bits per heavy atom. The lowest BCUT2D eigenvalue weighted by Gasteiger charge is -2.50. The normalized spacial score (nSPS) is 22.1. The molecular formula is C66H49NS. The van der Waals surface area contributed by atoms with Crippen molar-refractivity contribution in [2.45, 2.75) is 42.4 Å². The molecule has 10 aromatic rings. The Kier molecular flexibility index (Phi) is 8.30. The van der Waals surface area contributed by atoms with E-state index in [1.165, 1.54) is 98.3 Å². The van der Waals surface area contributed by atoms with Gasteiger partial charge in [0.25, 0.3) is 0 Å². The highest BCUT2D eigenvalue weighted by molar-refractivity contribution is 7.26. The minimum Gasteiger partial charge on any atom is -0.309 e. The summed E-state index contributed by atoms with van der Waals surface area (Å²) in [7, 11) is 0. The van der Waals surface area contributed by atoms with Gasteiger partial charge in [0.05, 0.1) is 26.9 Å². The van der Waals surface area contributed by atoms with Crippen LogP contribution in [0.3, 0.4) is 0 Å². The predicted molar refractivity (Wildman–Crippen MR) is 285 cm³/mol. The van der Waals surface area contributed by atoms with E-state index in [9.17, 15) is 0 Å². The Bertz CT molecular complexity index is 3760. The summed E-state index contributed by atoms with van der Waals surface area (Å²) >= 11 is 1.90. The lowest BCUT2D eigenvalue weighted by Crippen LogP contribution is -2.44. The van der Waals surface area contributed by atoms with Crippen molar-refractivity contribution in [1.29, 1.82) is 0 Å². The van der Waals surface area contributed by atoms with Crippen LogP contribution in [0.2, 0.25) is 0 Å². The molecule has 0 radical (unpaired) electrons. The first-order chi connectivity index (χ1) is 33.4. The Labute approximate surface area is 403 Å². The summed E-state index contributed by atoms with van der Waals surface area (Å²) in [5, 5.41) is 2.58. The van der Waals surface area contributed by atoms with Crippen LogP contribution in [-0.2, 0) is 21.7 Å². The second-order valence-corrected chi connectivity index (χ2v) is 21.2. The van der Waals surface area contributed by atoms with Gasteiger partial charge in [0.1, 0.15) is 0 Å². The Morgan fingerprint density at radius 2 is 1.01 bits per heavy atom. The molecule has 0 bridgehead atoms. The third kappa shape index (κ3) is 4.95. The van der Waals surface area contributed by atoms with Crippen molar-refractivity contribution in [1.82, 2.24) is 0 Å². The molecule has 0 amide bonds. The van der Waals surface area contributed by atoms with Crippen LogP contribution in [0.25, 0.3) is 31.3 Å². The van der Waals surface area contributed by atoms with Crippen molar-refractivity contribution in [2.75, 3.05) is 4.90 Å². The third-order valence-corrected chi connectivity index (χ3v) is 17.8. The van der Waals surface area contributed by atoms with E-state index in [0.29, 0.717) is 5.92 Å². The minimum atomic E-state index is -0.736. The van der Waals surface area contributed by atoms with Crippen LogP contribution in [-0.4, -0.2) is 0 Å². The second kappa shape index (κ2) is 14.2. The van der Waals surface area contributed by atoms with E-state index in [2.05, 4.69) is 262 Å². The van der Waals surface area contributed by atoms with E-state index in [0.717, 1.165) is 5.69 Å². The maximum Gasteiger partial charge on any atom is 0.0728 e. The molecule has 68 heavy (non-hydrogen) atoms. The van der Waals surface area contributed by atoms with E-state index < -0.39 is 10.8 Å². The number of anilines is 3. The van der Waals surface area contributed by atoms with E-state index >= 15 is 0 Å². The molecule has 4 aliphatic rings. The minimum absolute atomic E-state index is 0.0833. The topological polar surface area (TPSA) is 3.24 Å². The molecule has 4 unspecified atom stereocenters. The molecular weight excluding hydrogens is 839 g/mol. The molecule has 1 nitrogen and oxygen atoms in total. The molecule has 4 atom stereocenters. The van der Waals surface area contributed by atoms with Crippen molar-refractivity contribution in [3.63, 3.8) is 0 Å². The van der Waals surface area contributed by atoms with Crippen LogP contribution >= 0.6 is 11.3 Å². The van der Waals surface area contributed by atoms with Crippen molar-refractivity contribution >= 4 is 48.6 Å². The first kappa shape index (κ1) is 39.6. The molecule has 2 heteroatoms. The van der Waals surface area contributed by atoms with Crippen LogP contribution in [0.15, 0.2) is 237 Å². The lowest BCUT2D eigenvalue weighted by molar-refractivity contribution is 0.324. The van der Waals surface area contributed by atoms with Crippen molar-refractivity contribution < 1.29 is 0 Å². The molecule has 14 rings (SSSR count). The van der Waals surface area contributed by atoms with E-state index in [1.807, 2.05) is 11.3 Å². The smallest absolute Gasteiger partial charge is 0.0728 e. The summed E-state index contributed by atoms with van der Waals surface area (Å²) in [5.74, 6) is 0.353. The summed E-state index contributed by atoms with van der Waals surface area (Å²) in [6, 6.07) is 81.1. The number of allylic oxidation sites excluding steroid dienone is 4. The van der Waals surface area contributed by atoms with Gasteiger partial charge in [-0.05, 0) is 108 Å². The van der Waals surface area contributed by atoms with Gasteiger partial charge in [0, 0.05) is 26.6 Å². The number of rotatable bonds is 6. The Hall–Kier alpha value is -7.52. The highest BCUT2D eigenvalue weighted by Crippen LogP contribution is 2.67. The molecule has 1 heterocycles. The Balaban J connectivity index is 1.13. The highest BCUT2D eigenvalue weighted by Gasteiger charge is 2.58. The SMILES string of the molecule is CC1(C)c2cc(N(c3ccccc3C3(c4ccccc4)c4ccccc4C4(c5ccccc5)c5ccccc5-c5cccc3c54)c3cccc4c3sc3ccccc34)ccc2C2(C)C=CC=CC12. The molecule has 9 aromatic carbocycles. The average Bonchev–Trinajstić information content (AvgIpc) is 3.98. The molecule has 0 aliphatic heterocycles. The van der Waals surface area contributed by atoms with Gasteiger partial charge in [-0.3, -0.25) is 0 Å². The first-order valence-electron chi connectivity index (χ1n) is 24.1. The molecule has 324 valence electrons. The quantitative estimate of drug-likeness (QED) is 0.161. The maximum absolute atomic E-state index is 2.63. The van der Waals surface area contributed by atoms with Gasteiger partial charge in [0.2, 0.25) is 0 Å². The standard InChI is InChI=1S/C66H49NS/c1-63(2)56-42-45(39-40-51(56)64(3)41-19-18-38-60(63)64)67(58-36-21-29-49-47-27-11-17-37-59(47)68-62(49)58)57-35-16-15-33-54(57)65(43-22-6-4-7-23-43)52-31-13-14-32-53(52)66(44-24-8-5-9-25-44)50-30-12-10-26-46(50)48-28-20-34-55(65)61(48)66/h4-42,60H,1-3H3. The molecule has 0 N–H and O–H groups in total. The predicted octanol–water partition coefficient (Wildman–Crippen LogP) is 16.9. The highest BCUT2D eigenvalue weighted by atomic mass is 32.1. The summed E-state index contributed by atoms with van der Waals surface area (Å²) < 4.78 is 2.58. The van der Waals surface area contributed by atoms with Gasteiger partial charge < -0.3 is 4.90 Å². The van der Waals surface area contributed by atoms with Crippen LogP contribution < -0.4 is 4.90 Å². The Morgan fingerprint density at radius 1 is 0.426 bits per heavy atom. The summed E-state index contributed by atoms with van der Waals surface area (Å²) in [5.41, 5.74) is 18.0. The van der Waals surface area contributed by atoms with Crippen molar-refractivity contribution in [3.8, 4) is 11.1 Å². The number of hydrogen-bond donors (Lipinski definition) is 0. The van der Waals surface area contributed by atoms with Gasteiger partial charge >= 0.3 is 0 Å². The zero-order valence-electron chi connectivity index (χ0n) is 38.4. The second-order valence-electron chi connectivity index (χ2n) is 20.1. The first-order valence-corrected chi connectivity index (χ1v) is 25.0. The number of fused-ring (bicyclic) bond motifs is 11. The van der Waals surface area contributed by atoms with E-state index in [-0.39, 0.29) is 10.8 Å². The van der Waals surface area contributed by atoms with Gasteiger partial charge in [-0.2, -0.15) is 0 Å². The van der Waals surface area contributed by atoms with Gasteiger partial charge in [-0.1, -0.05) is 227 Å². The molecule has 0 spiro atoms. The fraction of sp³-hybridized carbons (Fsp3) is 0.121. The molecule has 1 aromatic heterocycles. The maximum atomic E-state index is 2.63. The third-order valence-electron chi connectivity index (χ3n) is 16.6. The molecule has 0 saturated carbocycles. The van der Waals surface area contributed by atoms with Crippen LogP contribution in [0.1, 0.15) is 76.4 Å². The van der Waals surface area contributed by atoms with E-state index in [1.54, 1.807) is 0 Å². The van der Waals surface area contributed by atoms with Gasteiger partial charge in [-0.15, -0.1) is 11.3 Å². The summed E-state index contributed by atoms with van der Waals surface area (Å²) in [6.45, 7) is 7.35. The van der Waals surface area contributed by atoms with Crippen LogP contribution in [0, 0.1) is 5.92 Å². The van der Waals surface area contributed by atoms with Crippen molar-refractivity contribution in [2.24, 2.45) is 5.92 Å². The molecule has 0 saturated heterocycles. The lowest BCUT2D eigenvalue weighted by atomic mass is 9.51. The number of thiophene rings is 1. The zero-order chi connectivity index (χ0) is 45.4. The summed E-state index contributed by atoms with van der Waals surface area (Å²) in [4.78, 5) is 2.63. The number of nitrogens with zero attached hydrogens (tertiary/aromatic N) is 1. The fourth-order valence-corrected chi connectivity index (χ4v) is 15.2. The van der Waals surface area contributed by atoms with Gasteiger partial charge in [0.15, 0.2) is 0 Å². The van der Waals surface area contributed by atoms with Gasteiger partial charge in [-0.25, -0.2) is 0 Å².